The second-order valence-corrected chi connectivity index (χ2v) is 6.43. The first kappa shape index (κ1) is 16.6. The maximum Gasteiger partial charge on any atom is 0.270 e. The van der Waals surface area contributed by atoms with Gasteiger partial charge < -0.3 is 9.80 Å². The van der Waals surface area contributed by atoms with Gasteiger partial charge in [0, 0.05) is 32.5 Å². The number of nitrogens with zero attached hydrogens (tertiary/aromatic N) is 4. The van der Waals surface area contributed by atoms with E-state index in [1.807, 2.05) is 35.2 Å². The van der Waals surface area contributed by atoms with E-state index in [2.05, 4.69) is 17.0 Å². The lowest BCUT2D eigenvalue weighted by atomic mass is 10.1. The topological polar surface area (TPSA) is 56.2 Å². The van der Waals surface area contributed by atoms with Crippen LogP contribution in [0.15, 0.2) is 35.4 Å². The first-order chi connectivity index (χ1) is 11.6. The zero-order chi connectivity index (χ0) is 16.9. The number of benzene rings is 1. The van der Waals surface area contributed by atoms with Crippen LogP contribution in [0.3, 0.4) is 0 Å². The number of amides is 2. The van der Waals surface area contributed by atoms with Gasteiger partial charge >= 0.3 is 0 Å². The van der Waals surface area contributed by atoms with Crippen molar-refractivity contribution in [3.63, 3.8) is 0 Å². The Kier molecular flexibility index (Phi) is 5.25. The molecule has 1 aromatic rings. The molecule has 2 amide bonds. The van der Waals surface area contributed by atoms with Crippen molar-refractivity contribution >= 4 is 17.5 Å². The van der Waals surface area contributed by atoms with Gasteiger partial charge in [-0.2, -0.15) is 5.10 Å². The zero-order valence-electron chi connectivity index (χ0n) is 14.1. The summed E-state index contributed by atoms with van der Waals surface area (Å²) in [6.45, 7) is 3.79. The number of rotatable bonds is 3. The highest BCUT2D eigenvalue weighted by Crippen LogP contribution is 2.15. The molecule has 0 atom stereocenters. The first-order valence-corrected chi connectivity index (χ1v) is 8.53. The monoisotopic (exact) mass is 328 g/mol. The molecule has 1 saturated heterocycles. The largest absolute Gasteiger partial charge is 0.336 e. The summed E-state index contributed by atoms with van der Waals surface area (Å²) in [5, 5.41) is 5.82. The standard InChI is InChI=1S/C18H24N4O2/c1-20-10-5-11-21(13-12-20)18(24)16-8-9-17(23)22(19-16)14-15-6-3-2-4-7-15/h2-4,6-7H,5,8-14H2,1H3. The summed E-state index contributed by atoms with van der Waals surface area (Å²) in [7, 11) is 2.08. The van der Waals surface area contributed by atoms with Crippen LogP contribution in [0.4, 0.5) is 0 Å². The van der Waals surface area contributed by atoms with E-state index in [0.717, 1.165) is 38.2 Å². The molecule has 1 aromatic carbocycles. The maximum absolute atomic E-state index is 12.8. The lowest BCUT2D eigenvalue weighted by molar-refractivity contribution is -0.132. The number of carbonyl (C=O) groups is 2. The molecule has 6 nitrogen and oxygen atoms in total. The van der Waals surface area contributed by atoms with Crippen LogP contribution < -0.4 is 0 Å². The average Bonchev–Trinajstić information content (AvgIpc) is 2.82. The van der Waals surface area contributed by atoms with Gasteiger partial charge in [-0.05, 0) is 25.6 Å². The van der Waals surface area contributed by atoms with Crippen LogP contribution in [0.5, 0.6) is 0 Å². The second kappa shape index (κ2) is 7.57. The van der Waals surface area contributed by atoms with Gasteiger partial charge in [-0.3, -0.25) is 9.59 Å². The van der Waals surface area contributed by atoms with Crippen LogP contribution in [0.1, 0.15) is 24.8 Å². The molecule has 0 unspecified atom stereocenters. The van der Waals surface area contributed by atoms with E-state index >= 15 is 0 Å². The molecule has 0 aliphatic carbocycles. The Hall–Kier alpha value is -2.21. The molecule has 0 aromatic heterocycles. The third kappa shape index (κ3) is 4.00. The van der Waals surface area contributed by atoms with Gasteiger partial charge in [0.15, 0.2) is 0 Å². The molecular weight excluding hydrogens is 304 g/mol. The molecule has 2 aliphatic heterocycles. The highest BCUT2D eigenvalue weighted by Gasteiger charge is 2.28. The molecule has 0 N–H and O–H groups in total. The number of hydrazone groups is 1. The predicted octanol–water partition coefficient (Wildman–Crippen LogP) is 1.33. The Bertz CT molecular complexity index is 629. The normalized spacial score (nSPS) is 19.9. The van der Waals surface area contributed by atoms with Gasteiger partial charge in [-0.25, -0.2) is 5.01 Å². The molecule has 3 rings (SSSR count). The fourth-order valence-corrected chi connectivity index (χ4v) is 3.07. The Morgan fingerprint density at radius 1 is 1.08 bits per heavy atom. The lowest BCUT2D eigenvalue weighted by Gasteiger charge is -2.26. The summed E-state index contributed by atoms with van der Waals surface area (Å²) in [5.41, 5.74) is 1.52. The van der Waals surface area contributed by atoms with Crippen LogP contribution in [0.25, 0.3) is 0 Å². The van der Waals surface area contributed by atoms with E-state index in [1.165, 1.54) is 5.01 Å². The van der Waals surface area contributed by atoms with Crippen molar-refractivity contribution in [2.75, 3.05) is 33.2 Å². The van der Waals surface area contributed by atoms with E-state index in [1.54, 1.807) is 0 Å². The summed E-state index contributed by atoms with van der Waals surface area (Å²) >= 11 is 0. The predicted molar refractivity (Wildman–Crippen MR) is 92.4 cm³/mol. The second-order valence-electron chi connectivity index (χ2n) is 6.43. The molecule has 0 bridgehead atoms. The van der Waals surface area contributed by atoms with Gasteiger partial charge in [0.2, 0.25) is 5.91 Å². The molecule has 128 valence electrons. The van der Waals surface area contributed by atoms with Crippen molar-refractivity contribution in [2.45, 2.75) is 25.8 Å². The van der Waals surface area contributed by atoms with E-state index in [-0.39, 0.29) is 11.8 Å². The molecule has 0 spiro atoms. The van der Waals surface area contributed by atoms with Crippen LogP contribution in [0, 0.1) is 0 Å². The van der Waals surface area contributed by atoms with Gasteiger partial charge in [-0.15, -0.1) is 0 Å². The summed E-state index contributed by atoms with van der Waals surface area (Å²) < 4.78 is 0. The summed E-state index contributed by atoms with van der Waals surface area (Å²) in [4.78, 5) is 29.0. The average molecular weight is 328 g/mol. The third-order valence-electron chi connectivity index (χ3n) is 4.53. The Morgan fingerprint density at radius 2 is 1.88 bits per heavy atom. The molecule has 0 radical (unpaired) electrons. The Morgan fingerprint density at radius 3 is 2.67 bits per heavy atom. The van der Waals surface area contributed by atoms with Crippen LogP contribution in [0.2, 0.25) is 0 Å². The van der Waals surface area contributed by atoms with E-state index < -0.39 is 0 Å². The summed E-state index contributed by atoms with van der Waals surface area (Å²) in [6.07, 6.45) is 1.77. The van der Waals surface area contributed by atoms with E-state index in [0.29, 0.717) is 25.1 Å². The lowest BCUT2D eigenvalue weighted by Crippen LogP contribution is -2.42. The summed E-state index contributed by atoms with van der Waals surface area (Å²) in [6, 6.07) is 9.74. The van der Waals surface area contributed by atoms with Crippen LogP contribution in [-0.4, -0.2) is 65.6 Å². The van der Waals surface area contributed by atoms with Crippen LogP contribution in [-0.2, 0) is 16.1 Å². The van der Waals surface area contributed by atoms with E-state index in [9.17, 15) is 9.59 Å². The number of hydrogen-bond acceptors (Lipinski definition) is 4. The van der Waals surface area contributed by atoms with Crippen molar-refractivity contribution < 1.29 is 9.59 Å². The number of carbonyl (C=O) groups excluding carboxylic acids is 2. The minimum Gasteiger partial charge on any atom is -0.336 e. The van der Waals surface area contributed by atoms with Gasteiger partial charge in [-0.1, -0.05) is 30.3 Å². The highest BCUT2D eigenvalue weighted by atomic mass is 16.2. The van der Waals surface area contributed by atoms with Gasteiger partial charge in [0.05, 0.1) is 6.54 Å². The van der Waals surface area contributed by atoms with Crippen molar-refractivity contribution in [1.29, 1.82) is 0 Å². The van der Waals surface area contributed by atoms with Gasteiger partial charge in [0.25, 0.3) is 5.91 Å². The maximum atomic E-state index is 12.8. The molecule has 2 heterocycles. The SMILES string of the molecule is CN1CCCN(C(=O)C2=NN(Cc3ccccc3)C(=O)CC2)CC1. The quantitative estimate of drug-likeness (QED) is 0.841. The minimum absolute atomic E-state index is 0.0177. The zero-order valence-corrected chi connectivity index (χ0v) is 14.1. The van der Waals surface area contributed by atoms with Crippen molar-refractivity contribution in [3.8, 4) is 0 Å². The Balaban J connectivity index is 1.71. The number of hydrogen-bond donors (Lipinski definition) is 0. The molecule has 24 heavy (non-hydrogen) atoms. The number of likely N-dealkylation sites (N-methyl/N-ethyl adjacent to an activating group) is 1. The molecule has 6 heteroatoms. The van der Waals surface area contributed by atoms with Crippen LogP contribution >= 0.6 is 0 Å². The fraction of sp³-hybridized carbons (Fsp3) is 0.500. The highest BCUT2D eigenvalue weighted by molar-refractivity contribution is 6.39. The molecular formula is C18H24N4O2. The smallest absolute Gasteiger partial charge is 0.270 e. The van der Waals surface area contributed by atoms with Crippen molar-refractivity contribution in [3.05, 3.63) is 35.9 Å². The molecule has 1 fully saturated rings. The third-order valence-corrected chi connectivity index (χ3v) is 4.53. The molecule has 0 saturated carbocycles. The van der Waals surface area contributed by atoms with Gasteiger partial charge in [0.1, 0.15) is 5.71 Å². The minimum atomic E-state index is -0.0222. The first-order valence-electron chi connectivity index (χ1n) is 8.53. The summed E-state index contributed by atoms with van der Waals surface area (Å²) in [5.74, 6) is -0.0399. The molecule has 2 aliphatic rings. The fourth-order valence-electron chi connectivity index (χ4n) is 3.07. The van der Waals surface area contributed by atoms with Crippen molar-refractivity contribution in [2.24, 2.45) is 5.10 Å². The Labute approximate surface area is 142 Å². The van der Waals surface area contributed by atoms with Crippen molar-refractivity contribution in [1.82, 2.24) is 14.8 Å². The van der Waals surface area contributed by atoms with E-state index in [4.69, 9.17) is 0 Å².